The molecule has 2 rings (SSSR count). The number of aromatic nitrogens is 2. The summed E-state index contributed by atoms with van der Waals surface area (Å²) >= 11 is 0. The maximum Gasteiger partial charge on any atom is 0.119 e. The Labute approximate surface area is 63.9 Å². The van der Waals surface area contributed by atoms with Crippen LogP contribution in [0.4, 0.5) is 0 Å². The summed E-state index contributed by atoms with van der Waals surface area (Å²) < 4.78 is 1.74. The molecule has 0 unspecified atom stereocenters. The van der Waals surface area contributed by atoms with Crippen LogP contribution in [-0.4, -0.2) is 14.7 Å². The van der Waals surface area contributed by atoms with Crippen molar-refractivity contribution in [1.82, 2.24) is 9.55 Å². The van der Waals surface area contributed by atoms with E-state index in [-0.39, 0.29) is 6.73 Å². The molecule has 0 fully saturated rings. The van der Waals surface area contributed by atoms with Gasteiger partial charge in [-0.05, 0) is 18.2 Å². The number of pyridine rings is 1. The molecule has 0 saturated carbocycles. The van der Waals surface area contributed by atoms with E-state index in [2.05, 4.69) is 4.98 Å². The van der Waals surface area contributed by atoms with Crippen LogP contribution < -0.4 is 0 Å². The zero-order valence-corrected chi connectivity index (χ0v) is 5.94. The highest BCUT2D eigenvalue weighted by molar-refractivity contribution is 5.75. The number of rotatable bonds is 1. The first-order valence-electron chi connectivity index (χ1n) is 3.42. The summed E-state index contributed by atoms with van der Waals surface area (Å²) in [6.45, 7) is 0.00912. The van der Waals surface area contributed by atoms with Crippen LogP contribution in [0.3, 0.4) is 0 Å². The van der Waals surface area contributed by atoms with Crippen LogP contribution in [0.5, 0.6) is 0 Å². The van der Waals surface area contributed by atoms with Crippen molar-refractivity contribution in [2.75, 3.05) is 0 Å². The topological polar surface area (TPSA) is 38.0 Å². The van der Waals surface area contributed by atoms with Gasteiger partial charge in [0.2, 0.25) is 0 Å². The zero-order valence-electron chi connectivity index (χ0n) is 5.94. The largest absolute Gasteiger partial charge is 0.376 e. The van der Waals surface area contributed by atoms with E-state index < -0.39 is 0 Å². The minimum Gasteiger partial charge on any atom is -0.376 e. The van der Waals surface area contributed by atoms with E-state index >= 15 is 0 Å². The van der Waals surface area contributed by atoms with Crippen LogP contribution in [0.2, 0.25) is 0 Å². The molecule has 0 aliphatic heterocycles. The summed E-state index contributed by atoms with van der Waals surface area (Å²) in [6.07, 6.45) is 3.56. The standard InChI is InChI=1S/C8H8N2O/c11-6-10-5-3-7-8(10)2-1-4-9-7/h1-5,11H,6H2. The minimum atomic E-state index is 0.00912. The van der Waals surface area contributed by atoms with Gasteiger partial charge in [-0.1, -0.05) is 0 Å². The second kappa shape index (κ2) is 2.36. The fraction of sp³-hybridized carbons (Fsp3) is 0.125. The van der Waals surface area contributed by atoms with Crippen molar-refractivity contribution in [3.05, 3.63) is 30.6 Å². The molecular weight excluding hydrogens is 140 g/mol. The molecule has 0 aliphatic carbocycles. The molecule has 3 heteroatoms. The lowest BCUT2D eigenvalue weighted by Crippen LogP contribution is -1.92. The van der Waals surface area contributed by atoms with Crippen LogP contribution in [-0.2, 0) is 6.73 Å². The third-order valence-electron chi connectivity index (χ3n) is 1.69. The molecule has 0 atom stereocenters. The first kappa shape index (κ1) is 6.37. The molecule has 0 bridgehead atoms. The Morgan fingerprint density at radius 2 is 2.36 bits per heavy atom. The summed E-state index contributed by atoms with van der Waals surface area (Å²) in [7, 11) is 0. The molecule has 3 nitrogen and oxygen atoms in total. The molecule has 2 heterocycles. The number of aliphatic hydroxyl groups excluding tert-OH is 1. The van der Waals surface area contributed by atoms with Gasteiger partial charge in [0.05, 0.1) is 11.0 Å². The molecule has 0 radical (unpaired) electrons. The normalized spacial score (nSPS) is 10.6. The van der Waals surface area contributed by atoms with Crippen LogP contribution in [0.15, 0.2) is 30.6 Å². The third-order valence-corrected chi connectivity index (χ3v) is 1.69. The van der Waals surface area contributed by atoms with Gasteiger partial charge in [0.15, 0.2) is 0 Å². The van der Waals surface area contributed by atoms with Gasteiger partial charge in [-0.3, -0.25) is 4.98 Å². The molecule has 0 aromatic carbocycles. The molecule has 11 heavy (non-hydrogen) atoms. The van der Waals surface area contributed by atoms with E-state index in [9.17, 15) is 0 Å². The lowest BCUT2D eigenvalue weighted by molar-refractivity contribution is 0.215. The summed E-state index contributed by atoms with van der Waals surface area (Å²) in [5.41, 5.74) is 1.89. The van der Waals surface area contributed by atoms with Crippen molar-refractivity contribution in [2.45, 2.75) is 6.73 Å². The van der Waals surface area contributed by atoms with Gasteiger partial charge in [0.1, 0.15) is 6.73 Å². The number of aliphatic hydroxyl groups is 1. The molecule has 1 N–H and O–H groups in total. The average Bonchev–Trinajstić information content (AvgIpc) is 2.47. The third kappa shape index (κ3) is 0.897. The number of hydrogen-bond donors (Lipinski definition) is 1. The second-order valence-electron chi connectivity index (χ2n) is 2.33. The Kier molecular flexibility index (Phi) is 1.36. The Hall–Kier alpha value is -1.35. The predicted octanol–water partition coefficient (Wildman–Crippen LogP) is 0.986. The minimum absolute atomic E-state index is 0.00912. The molecule has 0 spiro atoms. The van der Waals surface area contributed by atoms with Gasteiger partial charge in [0, 0.05) is 12.4 Å². The predicted molar refractivity (Wildman–Crippen MR) is 42.0 cm³/mol. The van der Waals surface area contributed by atoms with Crippen molar-refractivity contribution >= 4 is 11.0 Å². The smallest absolute Gasteiger partial charge is 0.119 e. The molecule has 2 aromatic heterocycles. The highest BCUT2D eigenvalue weighted by atomic mass is 16.3. The molecule has 56 valence electrons. The van der Waals surface area contributed by atoms with E-state index in [0.29, 0.717) is 0 Å². The molecule has 0 amide bonds. The van der Waals surface area contributed by atoms with E-state index in [1.54, 1.807) is 10.8 Å². The van der Waals surface area contributed by atoms with Crippen LogP contribution >= 0.6 is 0 Å². The van der Waals surface area contributed by atoms with Crippen LogP contribution in [0.25, 0.3) is 11.0 Å². The van der Waals surface area contributed by atoms with Crippen molar-refractivity contribution < 1.29 is 5.11 Å². The van der Waals surface area contributed by atoms with Gasteiger partial charge in [-0.2, -0.15) is 0 Å². The zero-order chi connectivity index (χ0) is 7.68. The first-order chi connectivity index (χ1) is 5.42. The first-order valence-corrected chi connectivity index (χ1v) is 3.42. The van der Waals surface area contributed by atoms with Crippen molar-refractivity contribution in [2.24, 2.45) is 0 Å². The average molecular weight is 148 g/mol. The SMILES string of the molecule is OCn1ccc2ncccc21. The second-order valence-corrected chi connectivity index (χ2v) is 2.33. The van der Waals surface area contributed by atoms with Gasteiger partial charge in [0.25, 0.3) is 0 Å². The number of nitrogens with zero attached hydrogens (tertiary/aromatic N) is 2. The van der Waals surface area contributed by atoms with Gasteiger partial charge in [-0.25, -0.2) is 0 Å². The Morgan fingerprint density at radius 3 is 3.18 bits per heavy atom. The molecular formula is C8H8N2O. The molecule has 0 aliphatic rings. The quantitative estimate of drug-likeness (QED) is 0.654. The highest BCUT2D eigenvalue weighted by Crippen LogP contribution is 2.10. The number of hydrogen-bond acceptors (Lipinski definition) is 2. The molecule has 0 saturated heterocycles. The monoisotopic (exact) mass is 148 g/mol. The van der Waals surface area contributed by atoms with E-state index in [0.717, 1.165) is 11.0 Å². The summed E-state index contributed by atoms with van der Waals surface area (Å²) in [5, 5.41) is 8.86. The van der Waals surface area contributed by atoms with Gasteiger partial charge >= 0.3 is 0 Å². The van der Waals surface area contributed by atoms with Gasteiger partial charge in [-0.15, -0.1) is 0 Å². The summed E-state index contributed by atoms with van der Waals surface area (Å²) in [5.74, 6) is 0. The summed E-state index contributed by atoms with van der Waals surface area (Å²) in [6, 6.07) is 5.67. The Balaban J connectivity index is 2.76. The number of fused-ring (bicyclic) bond motifs is 1. The van der Waals surface area contributed by atoms with Gasteiger partial charge < -0.3 is 9.67 Å². The fourth-order valence-corrected chi connectivity index (χ4v) is 1.14. The summed E-state index contributed by atoms with van der Waals surface area (Å²) in [4.78, 5) is 4.12. The van der Waals surface area contributed by atoms with E-state index in [4.69, 9.17) is 5.11 Å². The lowest BCUT2D eigenvalue weighted by Gasteiger charge is -1.96. The van der Waals surface area contributed by atoms with Crippen LogP contribution in [0.1, 0.15) is 0 Å². The lowest BCUT2D eigenvalue weighted by atomic mass is 10.4. The molecule has 2 aromatic rings. The Morgan fingerprint density at radius 1 is 1.45 bits per heavy atom. The maximum atomic E-state index is 8.86. The van der Waals surface area contributed by atoms with Crippen molar-refractivity contribution in [3.63, 3.8) is 0 Å². The highest BCUT2D eigenvalue weighted by Gasteiger charge is 1.97. The van der Waals surface area contributed by atoms with E-state index in [1.165, 1.54) is 0 Å². The van der Waals surface area contributed by atoms with E-state index in [1.807, 2.05) is 24.4 Å². The fourth-order valence-electron chi connectivity index (χ4n) is 1.14. The van der Waals surface area contributed by atoms with Crippen LogP contribution in [0, 0.1) is 0 Å². The van der Waals surface area contributed by atoms with Crippen molar-refractivity contribution in [1.29, 1.82) is 0 Å². The van der Waals surface area contributed by atoms with Crippen molar-refractivity contribution in [3.8, 4) is 0 Å². The Bertz CT molecular complexity index is 367. The maximum absolute atomic E-state index is 8.86.